The summed E-state index contributed by atoms with van der Waals surface area (Å²) in [6.07, 6.45) is -1.23. The van der Waals surface area contributed by atoms with E-state index in [-0.39, 0.29) is 12.0 Å². The summed E-state index contributed by atoms with van der Waals surface area (Å²) in [5.41, 5.74) is 0.956. The maximum absolute atomic E-state index is 11.3. The summed E-state index contributed by atoms with van der Waals surface area (Å²) >= 11 is 2.16. The van der Waals surface area contributed by atoms with Crippen LogP contribution in [0.5, 0.6) is 0 Å². The van der Waals surface area contributed by atoms with Crippen molar-refractivity contribution in [1.29, 1.82) is 0 Å². The lowest BCUT2D eigenvalue weighted by Crippen LogP contribution is -2.23. The Morgan fingerprint density at radius 1 is 1.33 bits per heavy atom. The van der Waals surface area contributed by atoms with Crippen molar-refractivity contribution in [2.45, 2.75) is 18.1 Å². The number of aliphatic hydroxyl groups is 1. The van der Waals surface area contributed by atoms with E-state index in [0.717, 1.165) is 5.56 Å². The van der Waals surface area contributed by atoms with Gasteiger partial charge in [0, 0.05) is 4.43 Å². The number of hydrogen-bond donors (Lipinski definition) is 1. The molecule has 1 aromatic carbocycles. The molecule has 2 rings (SSSR count). The largest absolute Gasteiger partial charge is 0.459 e. The minimum absolute atomic E-state index is 0.213. The van der Waals surface area contributed by atoms with Crippen LogP contribution in [0.2, 0.25) is 0 Å². The van der Waals surface area contributed by atoms with E-state index in [4.69, 9.17) is 4.74 Å². The van der Waals surface area contributed by atoms with Crippen molar-refractivity contribution < 1.29 is 14.6 Å². The molecule has 1 N–H and O–H groups in total. The minimum Gasteiger partial charge on any atom is -0.459 e. The highest BCUT2D eigenvalue weighted by molar-refractivity contribution is 14.1. The zero-order valence-corrected chi connectivity index (χ0v) is 10.1. The lowest BCUT2D eigenvalue weighted by atomic mass is 9.91. The standard InChI is InChI=1S/C11H11IO3/c12-6-8-9(10(13)11(14)15-8)7-4-2-1-3-5-7/h1-5,8-10,13H,6H2/t8-,9-,10+/m0/s1. The molecule has 1 aliphatic rings. The first-order chi connectivity index (χ1) is 7.24. The lowest BCUT2D eigenvalue weighted by molar-refractivity contribution is -0.146. The van der Waals surface area contributed by atoms with Gasteiger partial charge in [-0.1, -0.05) is 52.9 Å². The molecule has 0 radical (unpaired) electrons. The molecule has 1 aliphatic heterocycles. The number of carbonyl (C=O) groups excluding carboxylic acids is 1. The van der Waals surface area contributed by atoms with Crippen LogP contribution in [0.1, 0.15) is 11.5 Å². The van der Waals surface area contributed by atoms with E-state index in [9.17, 15) is 9.90 Å². The van der Waals surface area contributed by atoms with E-state index in [0.29, 0.717) is 4.43 Å². The van der Waals surface area contributed by atoms with Crippen LogP contribution >= 0.6 is 22.6 Å². The third kappa shape index (κ3) is 2.01. The highest BCUT2D eigenvalue weighted by Gasteiger charge is 2.43. The van der Waals surface area contributed by atoms with Gasteiger partial charge < -0.3 is 9.84 Å². The molecule has 1 fully saturated rings. The second-order valence-electron chi connectivity index (χ2n) is 3.51. The molecule has 1 heterocycles. The molecular formula is C11H11IO3. The highest BCUT2D eigenvalue weighted by Crippen LogP contribution is 2.33. The molecule has 0 saturated carbocycles. The first-order valence-electron chi connectivity index (χ1n) is 4.73. The van der Waals surface area contributed by atoms with Crippen LogP contribution in [0.15, 0.2) is 30.3 Å². The molecule has 1 saturated heterocycles. The quantitative estimate of drug-likeness (QED) is 0.511. The molecule has 0 spiro atoms. The minimum atomic E-state index is -1.02. The second kappa shape index (κ2) is 4.49. The van der Waals surface area contributed by atoms with Gasteiger partial charge in [0.1, 0.15) is 6.10 Å². The number of benzene rings is 1. The van der Waals surface area contributed by atoms with Crippen molar-refractivity contribution in [3.05, 3.63) is 35.9 Å². The predicted molar refractivity (Wildman–Crippen MR) is 64.0 cm³/mol. The van der Waals surface area contributed by atoms with Gasteiger partial charge in [0.2, 0.25) is 0 Å². The number of ether oxygens (including phenoxy) is 1. The Labute approximate surface area is 102 Å². The average Bonchev–Trinajstić information content (AvgIpc) is 2.56. The summed E-state index contributed by atoms with van der Waals surface area (Å²) < 4.78 is 5.79. The Bertz CT molecular complexity index is 352. The fourth-order valence-electron chi connectivity index (χ4n) is 1.84. The highest BCUT2D eigenvalue weighted by atomic mass is 127. The fraction of sp³-hybridized carbons (Fsp3) is 0.364. The Morgan fingerprint density at radius 2 is 2.00 bits per heavy atom. The molecule has 0 amide bonds. The summed E-state index contributed by atoms with van der Waals surface area (Å²) in [4.78, 5) is 11.3. The lowest BCUT2D eigenvalue weighted by Gasteiger charge is -2.16. The van der Waals surface area contributed by atoms with Crippen LogP contribution in [-0.2, 0) is 9.53 Å². The molecule has 0 bridgehead atoms. The SMILES string of the molecule is O=C1O[C@@H](CI)[C@H](c2ccccc2)[C@H]1O. The number of esters is 1. The Morgan fingerprint density at radius 3 is 2.60 bits per heavy atom. The van der Waals surface area contributed by atoms with Crippen molar-refractivity contribution in [3.8, 4) is 0 Å². The molecule has 0 aliphatic carbocycles. The van der Waals surface area contributed by atoms with Gasteiger partial charge in [-0.2, -0.15) is 0 Å². The molecule has 3 nitrogen and oxygen atoms in total. The second-order valence-corrected chi connectivity index (χ2v) is 4.39. The van der Waals surface area contributed by atoms with E-state index in [1.165, 1.54) is 0 Å². The van der Waals surface area contributed by atoms with E-state index < -0.39 is 12.1 Å². The van der Waals surface area contributed by atoms with Crippen LogP contribution in [0.3, 0.4) is 0 Å². The number of halogens is 1. The van der Waals surface area contributed by atoms with Gasteiger partial charge in [0.05, 0.1) is 5.92 Å². The van der Waals surface area contributed by atoms with E-state index in [1.807, 2.05) is 30.3 Å². The van der Waals surface area contributed by atoms with Gasteiger partial charge in [-0.15, -0.1) is 0 Å². The zero-order valence-electron chi connectivity index (χ0n) is 7.97. The summed E-state index contributed by atoms with van der Waals surface area (Å²) in [6, 6.07) is 9.53. The van der Waals surface area contributed by atoms with Crippen LogP contribution < -0.4 is 0 Å². The Hall–Kier alpha value is -0.620. The monoisotopic (exact) mass is 318 g/mol. The van der Waals surface area contributed by atoms with Gasteiger partial charge in [0.25, 0.3) is 0 Å². The third-order valence-electron chi connectivity index (χ3n) is 2.59. The third-order valence-corrected chi connectivity index (χ3v) is 3.45. The molecule has 3 atom stereocenters. The Kier molecular flexibility index (Phi) is 3.25. The van der Waals surface area contributed by atoms with Gasteiger partial charge in [-0.3, -0.25) is 0 Å². The van der Waals surface area contributed by atoms with Gasteiger partial charge >= 0.3 is 5.97 Å². The number of hydrogen-bond acceptors (Lipinski definition) is 3. The molecule has 1 aromatic rings. The summed E-state index contributed by atoms with van der Waals surface area (Å²) in [6.45, 7) is 0. The van der Waals surface area contributed by atoms with Crippen molar-refractivity contribution >= 4 is 28.6 Å². The number of carbonyl (C=O) groups is 1. The summed E-state index contributed by atoms with van der Waals surface area (Å²) in [5, 5.41) is 9.73. The van der Waals surface area contributed by atoms with Gasteiger partial charge in [-0.25, -0.2) is 4.79 Å². The number of rotatable bonds is 2. The average molecular weight is 318 g/mol. The predicted octanol–water partition coefficient (Wildman–Crippen LogP) is 1.49. The smallest absolute Gasteiger partial charge is 0.336 e. The van der Waals surface area contributed by atoms with E-state index in [1.54, 1.807) is 0 Å². The van der Waals surface area contributed by atoms with Crippen LogP contribution in [0.4, 0.5) is 0 Å². The number of alkyl halides is 1. The first-order valence-corrected chi connectivity index (χ1v) is 6.26. The van der Waals surface area contributed by atoms with Crippen molar-refractivity contribution in [1.82, 2.24) is 0 Å². The zero-order chi connectivity index (χ0) is 10.8. The van der Waals surface area contributed by atoms with E-state index in [2.05, 4.69) is 22.6 Å². The molecule has 4 heteroatoms. The number of aliphatic hydroxyl groups excluding tert-OH is 1. The topological polar surface area (TPSA) is 46.5 Å². The van der Waals surface area contributed by atoms with Crippen molar-refractivity contribution in [3.63, 3.8) is 0 Å². The Balaban J connectivity index is 2.30. The summed E-state index contributed by atoms with van der Waals surface area (Å²) in [7, 11) is 0. The normalized spacial score (nSPS) is 30.3. The molecule has 80 valence electrons. The van der Waals surface area contributed by atoms with Crippen molar-refractivity contribution in [2.24, 2.45) is 0 Å². The number of cyclic esters (lactones) is 1. The molecule has 15 heavy (non-hydrogen) atoms. The van der Waals surface area contributed by atoms with Crippen LogP contribution in [0, 0.1) is 0 Å². The van der Waals surface area contributed by atoms with Crippen LogP contribution in [-0.4, -0.2) is 27.7 Å². The maximum Gasteiger partial charge on any atom is 0.336 e. The molecule has 0 unspecified atom stereocenters. The maximum atomic E-state index is 11.3. The molecular weight excluding hydrogens is 307 g/mol. The first kappa shape index (κ1) is 10.9. The fourth-order valence-corrected chi connectivity index (χ4v) is 2.57. The molecule has 0 aromatic heterocycles. The van der Waals surface area contributed by atoms with Crippen LogP contribution in [0.25, 0.3) is 0 Å². The van der Waals surface area contributed by atoms with Gasteiger partial charge in [0.15, 0.2) is 6.10 Å². The van der Waals surface area contributed by atoms with E-state index >= 15 is 0 Å². The summed E-state index contributed by atoms with van der Waals surface area (Å²) in [5.74, 6) is -0.735. The van der Waals surface area contributed by atoms with Crippen molar-refractivity contribution in [2.75, 3.05) is 4.43 Å². The van der Waals surface area contributed by atoms with Gasteiger partial charge in [-0.05, 0) is 5.56 Å².